The highest BCUT2D eigenvalue weighted by molar-refractivity contribution is 5.56. The van der Waals surface area contributed by atoms with Crippen molar-refractivity contribution in [2.24, 2.45) is 0 Å². The second-order valence-electron chi connectivity index (χ2n) is 5.91. The van der Waals surface area contributed by atoms with Crippen molar-refractivity contribution in [1.82, 2.24) is 9.88 Å². The van der Waals surface area contributed by atoms with Crippen molar-refractivity contribution in [3.8, 4) is 0 Å². The third-order valence-corrected chi connectivity index (χ3v) is 4.50. The van der Waals surface area contributed by atoms with Crippen LogP contribution in [-0.2, 0) is 6.54 Å². The Hall–Kier alpha value is -1.94. The number of nitrogens with zero attached hydrogens (tertiary/aromatic N) is 3. The number of rotatable bonds is 3. The minimum atomic E-state index is -0.209. The molecular formula is C18H22FN3. The first-order valence-electron chi connectivity index (χ1n) is 7.78. The van der Waals surface area contributed by atoms with Crippen LogP contribution in [0.25, 0.3) is 0 Å². The summed E-state index contributed by atoms with van der Waals surface area (Å²) in [6.07, 6.45) is 1.66. The number of anilines is 1. The van der Waals surface area contributed by atoms with Crippen LogP contribution in [0, 0.1) is 19.7 Å². The van der Waals surface area contributed by atoms with E-state index in [4.69, 9.17) is 0 Å². The van der Waals surface area contributed by atoms with Gasteiger partial charge >= 0.3 is 0 Å². The zero-order chi connectivity index (χ0) is 15.5. The number of aryl methyl sites for hydroxylation is 1. The van der Waals surface area contributed by atoms with Gasteiger partial charge in [-0.2, -0.15) is 0 Å². The zero-order valence-corrected chi connectivity index (χ0v) is 13.2. The summed E-state index contributed by atoms with van der Waals surface area (Å²) in [5.74, 6) is -0.209. The lowest BCUT2D eigenvalue weighted by atomic mass is 10.1. The maximum Gasteiger partial charge on any atom is 0.146 e. The molecule has 2 aromatic rings. The van der Waals surface area contributed by atoms with Gasteiger partial charge in [0.25, 0.3) is 0 Å². The molecule has 0 atom stereocenters. The van der Waals surface area contributed by atoms with Crippen LogP contribution in [-0.4, -0.2) is 36.1 Å². The molecular weight excluding hydrogens is 277 g/mol. The summed E-state index contributed by atoms with van der Waals surface area (Å²) in [4.78, 5) is 8.84. The molecule has 2 heterocycles. The molecule has 0 aliphatic carbocycles. The second-order valence-corrected chi connectivity index (χ2v) is 5.91. The molecule has 116 valence electrons. The molecule has 3 nitrogen and oxygen atoms in total. The van der Waals surface area contributed by atoms with Crippen LogP contribution < -0.4 is 4.90 Å². The van der Waals surface area contributed by atoms with E-state index in [9.17, 15) is 4.39 Å². The fourth-order valence-corrected chi connectivity index (χ4v) is 2.97. The summed E-state index contributed by atoms with van der Waals surface area (Å²) < 4.78 is 13.7. The lowest BCUT2D eigenvalue weighted by molar-refractivity contribution is 0.243. The topological polar surface area (TPSA) is 19.4 Å². The van der Waals surface area contributed by atoms with Crippen LogP contribution in [0.2, 0.25) is 0 Å². The Morgan fingerprint density at radius 2 is 1.82 bits per heavy atom. The molecule has 1 aromatic heterocycles. The normalized spacial score (nSPS) is 16.0. The van der Waals surface area contributed by atoms with Gasteiger partial charge in [0.05, 0.1) is 5.69 Å². The van der Waals surface area contributed by atoms with Gasteiger partial charge in [0.1, 0.15) is 5.82 Å². The SMILES string of the molecule is Cc1cccc(N2CCN(Cc3ncccc3F)CC2)c1C. The molecule has 1 aliphatic rings. The summed E-state index contributed by atoms with van der Waals surface area (Å²) in [5.41, 5.74) is 4.55. The third-order valence-electron chi connectivity index (χ3n) is 4.50. The Kier molecular flexibility index (Phi) is 4.39. The van der Waals surface area contributed by atoms with Crippen LogP contribution >= 0.6 is 0 Å². The highest BCUT2D eigenvalue weighted by Crippen LogP contribution is 2.24. The third kappa shape index (κ3) is 3.12. The van der Waals surface area contributed by atoms with Crippen molar-refractivity contribution >= 4 is 5.69 Å². The van der Waals surface area contributed by atoms with Crippen LogP contribution in [0.1, 0.15) is 16.8 Å². The first-order chi connectivity index (χ1) is 10.6. The highest BCUT2D eigenvalue weighted by Gasteiger charge is 2.20. The van der Waals surface area contributed by atoms with E-state index in [2.05, 4.69) is 46.8 Å². The molecule has 0 radical (unpaired) electrons. The molecule has 0 saturated carbocycles. The van der Waals surface area contributed by atoms with E-state index in [0.717, 1.165) is 26.2 Å². The fraction of sp³-hybridized carbons (Fsp3) is 0.389. The van der Waals surface area contributed by atoms with E-state index in [1.54, 1.807) is 12.3 Å². The molecule has 4 heteroatoms. The van der Waals surface area contributed by atoms with Crippen LogP contribution in [0.15, 0.2) is 36.5 Å². The van der Waals surface area contributed by atoms with E-state index in [1.165, 1.54) is 22.9 Å². The van der Waals surface area contributed by atoms with Gasteiger partial charge in [-0.1, -0.05) is 12.1 Å². The monoisotopic (exact) mass is 299 g/mol. The van der Waals surface area contributed by atoms with E-state index in [1.807, 2.05) is 0 Å². The maximum atomic E-state index is 13.7. The number of halogens is 1. The summed E-state index contributed by atoms with van der Waals surface area (Å²) in [6.45, 7) is 8.73. The quantitative estimate of drug-likeness (QED) is 0.868. The van der Waals surface area contributed by atoms with Crippen molar-refractivity contribution in [1.29, 1.82) is 0 Å². The van der Waals surface area contributed by atoms with Crippen molar-refractivity contribution in [2.75, 3.05) is 31.1 Å². The molecule has 1 aromatic carbocycles. The molecule has 22 heavy (non-hydrogen) atoms. The number of pyridine rings is 1. The Bertz CT molecular complexity index is 649. The van der Waals surface area contributed by atoms with E-state index >= 15 is 0 Å². The standard InChI is InChI=1S/C18H22FN3/c1-14-5-3-7-18(15(14)2)22-11-9-21(10-12-22)13-17-16(19)6-4-8-20-17/h3-8H,9-13H2,1-2H3. The van der Waals surface area contributed by atoms with Crippen LogP contribution in [0.4, 0.5) is 10.1 Å². The number of piperazine rings is 1. The fourth-order valence-electron chi connectivity index (χ4n) is 2.97. The number of hydrogen-bond acceptors (Lipinski definition) is 3. The number of benzene rings is 1. The van der Waals surface area contributed by atoms with Gasteiger partial charge in [0, 0.05) is 44.6 Å². The average Bonchev–Trinajstić information content (AvgIpc) is 2.53. The molecule has 1 fully saturated rings. The summed E-state index contributed by atoms with van der Waals surface area (Å²) >= 11 is 0. The zero-order valence-electron chi connectivity index (χ0n) is 13.2. The van der Waals surface area contributed by atoms with E-state index in [0.29, 0.717) is 12.2 Å². The first-order valence-corrected chi connectivity index (χ1v) is 7.78. The predicted molar refractivity (Wildman–Crippen MR) is 87.6 cm³/mol. The number of aromatic nitrogens is 1. The average molecular weight is 299 g/mol. The molecule has 1 saturated heterocycles. The van der Waals surface area contributed by atoms with Gasteiger partial charge in [-0.15, -0.1) is 0 Å². The summed E-state index contributed by atoms with van der Waals surface area (Å²) in [6, 6.07) is 9.58. The van der Waals surface area contributed by atoms with Gasteiger partial charge < -0.3 is 4.90 Å². The Balaban J connectivity index is 1.63. The van der Waals surface area contributed by atoms with Crippen LogP contribution in [0.5, 0.6) is 0 Å². The van der Waals surface area contributed by atoms with Crippen molar-refractivity contribution in [3.05, 3.63) is 59.2 Å². The first kappa shape index (κ1) is 15.0. The molecule has 0 amide bonds. The Labute approximate surface area is 131 Å². The predicted octanol–water partition coefficient (Wildman–Crippen LogP) is 3.16. The minimum Gasteiger partial charge on any atom is -0.369 e. The molecule has 0 bridgehead atoms. The second kappa shape index (κ2) is 6.44. The minimum absolute atomic E-state index is 0.209. The Morgan fingerprint density at radius 3 is 2.55 bits per heavy atom. The maximum absolute atomic E-state index is 13.7. The Morgan fingerprint density at radius 1 is 1.05 bits per heavy atom. The van der Waals surface area contributed by atoms with Gasteiger partial charge in [-0.05, 0) is 43.2 Å². The molecule has 0 spiro atoms. The molecule has 3 rings (SSSR count). The molecule has 0 N–H and O–H groups in total. The van der Waals surface area contributed by atoms with E-state index in [-0.39, 0.29) is 5.82 Å². The molecule has 0 unspecified atom stereocenters. The van der Waals surface area contributed by atoms with Gasteiger partial charge in [-0.25, -0.2) is 4.39 Å². The van der Waals surface area contributed by atoms with Crippen molar-refractivity contribution < 1.29 is 4.39 Å². The van der Waals surface area contributed by atoms with Gasteiger partial charge in [-0.3, -0.25) is 9.88 Å². The highest BCUT2D eigenvalue weighted by atomic mass is 19.1. The largest absolute Gasteiger partial charge is 0.369 e. The number of hydrogen-bond donors (Lipinski definition) is 0. The molecule has 1 aliphatic heterocycles. The van der Waals surface area contributed by atoms with Crippen molar-refractivity contribution in [3.63, 3.8) is 0 Å². The smallest absolute Gasteiger partial charge is 0.146 e. The summed E-state index contributed by atoms with van der Waals surface area (Å²) in [7, 11) is 0. The lowest BCUT2D eigenvalue weighted by Gasteiger charge is -2.36. The van der Waals surface area contributed by atoms with Gasteiger partial charge in [0.15, 0.2) is 0 Å². The van der Waals surface area contributed by atoms with Crippen LogP contribution in [0.3, 0.4) is 0 Å². The lowest BCUT2D eigenvalue weighted by Crippen LogP contribution is -2.46. The van der Waals surface area contributed by atoms with Gasteiger partial charge in [0.2, 0.25) is 0 Å². The summed E-state index contributed by atoms with van der Waals surface area (Å²) in [5, 5.41) is 0. The van der Waals surface area contributed by atoms with E-state index < -0.39 is 0 Å². The van der Waals surface area contributed by atoms with Crippen molar-refractivity contribution in [2.45, 2.75) is 20.4 Å².